The van der Waals surface area contributed by atoms with Gasteiger partial charge in [0, 0.05) is 12.1 Å². The third kappa shape index (κ3) is 3.19. The molecule has 0 aliphatic heterocycles. The predicted molar refractivity (Wildman–Crippen MR) is 115 cm³/mol. The summed E-state index contributed by atoms with van der Waals surface area (Å²) in [6.45, 7) is 1.75. The van der Waals surface area contributed by atoms with Crippen molar-refractivity contribution in [1.82, 2.24) is 14.4 Å². The number of aromatic nitrogens is 3. The molecule has 4 aromatic rings. The number of methoxy groups -OCH3 is 2. The minimum absolute atomic E-state index is 0.0454. The quantitative estimate of drug-likeness (QED) is 0.455. The Morgan fingerprint density at radius 1 is 1.19 bits per heavy atom. The average Bonchev–Trinajstić information content (AvgIpc) is 3.19. The smallest absolute Gasteiger partial charge is 0.417 e. The van der Waals surface area contributed by atoms with Crippen LogP contribution in [0.15, 0.2) is 36.5 Å². The fourth-order valence-electron chi connectivity index (χ4n) is 3.52. The van der Waals surface area contributed by atoms with E-state index >= 15 is 0 Å². The molecule has 1 amide bonds. The fourth-order valence-corrected chi connectivity index (χ4v) is 3.83. The zero-order valence-electron chi connectivity index (χ0n) is 16.8. The number of halogens is 1. The maximum atomic E-state index is 12.4. The Balaban J connectivity index is 2.15. The predicted octanol–water partition coefficient (Wildman–Crippen LogP) is 4.49. The van der Waals surface area contributed by atoms with Crippen LogP contribution in [0.3, 0.4) is 0 Å². The lowest BCUT2D eigenvalue weighted by molar-refractivity contribution is 0.111. The number of hydrogen-bond acceptors (Lipinski definition) is 6. The van der Waals surface area contributed by atoms with Crippen molar-refractivity contribution in [3.8, 4) is 11.5 Å². The highest BCUT2D eigenvalue weighted by atomic mass is 35.5. The summed E-state index contributed by atoms with van der Waals surface area (Å²) < 4.78 is 12.2. The van der Waals surface area contributed by atoms with Gasteiger partial charge in [-0.25, -0.2) is 19.7 Å². The number of imidazole rings is 1. The molecule has 0 fully saturated rings. The van der Waals surface area contributed by atoms with Gasteiger partial charge in [0.05, 0.1) is 42.2 Å². The van der Waals surface area contributed by atoms with Gasteiger partial charge in [0.1, 0.15) is 5.52 Å². The third-order valence-corrected chi connectivity index (χ3v) is 5.19. The van der Waals surface area contributed by atoms with Crippen molar-refractivity contribution in [1.29, 1.82) is 0 Å². The first kappa shape index (κ1) is 20.4. The van der Waals surface area contributed by atoms with Gasteiger partial charge in [0.2, 0.25) is 0 Å². The number of fused-ring (bicyclic) bond motifs is 3. The van der Waals surface area contributed by atoms with Crippen LogP contribution in [-0.2, 0) is 0 Å². The molecule has 0 atom stereocenters. The number of carbonyl (C=O) groups excluding carboxylic acids is 1. The molecule has 10 heteroatoms. The van der Waals surface area contributed by atoms with Gasteiger partial charge < -0.3 is 14.6 Å². The van der Waals surface area contributed by atoms with Gasteiger partial charge in [-0.1, -0.05) is 23.7 Å². The van der Waals surface area contributed by atoms with Gasteiger partial charge >= 0.3 is 6.09 Å². The number of para-hydroxylation sites is 1. The highest BCUT2D eigenvalue weighted by Gasteiger charge is 2.27. The molecule has 0 radical (unpaired) electrons. The molecule has 31 heavy (non-hydrogen) atoms. The SMILES string of the molecule is COc1cc2nc(N(C(=O)O)c3c(C)cccc3Cl)c3cnc(C=O)n3c2cc1OC. The summed E-state index contributed by atoms with van der Waals surface area (Å²) in [5.41, 5.74) is 2.08. The van der Waals surface area contributed by atoms with Crippen molar-refractivity contribution >= 4 is 52.0 Å². The van der Waals surface area contributed by atoms with E-state index in [1.54, 1.807) is 37.3 Å². The Labute approximate surface area is 181 Å². The summed E-state index contributed by atoms with van der Waals surface area (Å²) in [5, 5.41) is 10.3. The average molecular weight is 441 g/mol. The van der Waals surface area contributed by atoms with E-state index in [0.29, 0.717) is 39.9 Å². The number of amides is 1. The van der Waals surface area contributed by atoms with Crippen LogP contribution in [0.2, 0.25) is 5.02 Å². The van der Waals surface area contributed by atoms with E-state index in [0.717, 1.165) is 4.90 Å². The maximum absolute atomic E-state index is 12.4. The molecule has 0 saturated heterocycles. The summed E-state index contributed by atoms with van der Waals surface area (Å²) in [4.78, 5) is 33.8. The van der Waals surface area contributed by atoms with Gasteiger partial charge in [0.15, 0.2) is 29.4 Å². The number of aryl methyl sites for hydroxylation is 1. The molecular formula is C21H17ClN4O5. The normalized spacial score (nSPS) is 11.0. The first-order chi connectivity index (χ1) is 14.9. The van der Waals surface area contributed by atoms with Crippen LogP contribution in [0.25, 0.3) is 16.6 Å². The monoisotopic (exact) mass is 440 g/mol. The first-order valence-corrected chi connectivity index (χ1v) is 9.45. The zero-order valence-corrected chi connectivity index (χ0v) is 17.5. The fraction of sp³-hybridized carbons (Fsp3) is 0.143. The summed E-state index contributed by atoms with van der Waals surface area (Å²) in [7, 11) is 2.97. The molecule has 4 rings (SSSR count). The Hall–Kier alpha value is -3.85. The molecule has 1 N–H and O–H groups in total. The van der Waals surface area contributed by atoms with E-state index in [1.807, 2.05) is 0 Å². The van der Waals surface area contributed by atoms with Crippen molar-refractivity contribution in [3.63, 3.8) is 0 Å². The molecular weight excluding hydrogens is 424 g/mol. The summed E-state index contributed by atoms with van der Waals surface area (Å²) in [6.07, 6.45) is 0.683. The van der Waals surface area contributed by atoms with Crippen molar-refractivity contribution < 1.29 is 24.2 Å². The minimum Gasteiger partial charge on any atom is -0.493 e. The number of carboxylic acid groups (broad SMARTS) is 1. The van der Waals surface area contributed by atoms with Crippen LogP contribution >= 0.6 is 11.6 Å². The lowest BCUT2D eigenvalue weighted by atomic mass is 10.1. The number of nitrogens with zero attached hydrogens (tertiary/aromatic N) is 4. The van der Waals surface area contributed by atoms with Gasteiger partial charge in [0.25, 0.3) is 0 Å². The number of ether oxygens (including phenoxy) is 2. The Kier molecular flexibility index (Phi) is 5.12. The number of carbonyl (C=O) groups is 2. The zero-order chi connectivity index (χ0) is 22.3. The molecule has 0 aliphatic rings. The molecule has 2 heterocycles. The molecule has 0 saturated carbocycles. The molecule has 2 aromatic heterocycles. The number of hydrogen-bond donors (Lipinski definition) is 1. The molecule has 9 nitrogen and oxygen atoms in total. The Morgan fingerprint density at radius 3 is 2.52 bits per heavy atom. The van der Waals surface area contributed by atoms with Gasteiger partial charge in [-0.3, -0.25) is 9.20 Å². The van der Waals surface area contributed by atoms with Gasteiger partial charge in [-0.15, -0.1) is 0 Å². The topological polar surface area (TPSA) is 106 Å². The van der Waals surface area contributed by atoms with E-state index in [9.17, 15) is 14.7 Å². The van der Waals surface area contributed by atoms with Crippen molar-refractivity contribution in [2.75, 3.05) is 19.1 Å². The van der Waals surface area contributed by atoms with Crippen LogP contribution in [0.5, 0.6) is 11.5 Å². The number of rotatable bonds is 5. The van der Waals surface area contributed by atoms with E-state index < -0.39 is 6.09 Å². The van der Waals surface area contributed by atoms with Crippen LogP contribution in [0.4, 0.5) is 16.3 Å². The van der Waals surface area contributed by atoms with Crippen LogP contribution < -0.4 is 14.4 Å². The lowest BCUT2D eigenvalue weighted by Gasteiger charge is -2.23. The molecule has 158 valence electrons. The van der Waals surface area contributed by atoms with Crippen LogP contribution in [-0.4, -0.2) is 46.1 Å². The number of aldehydes is 1. The number of benzene rings is 2. The molecule has 0 unspecified atom stereocenters. The Bertz CT molecular complexity index is 1330. The van der Waals surface area contributed by atoms with Crippen molar-refractivity contribution in [3.05, 3.63) is 52.9 Å². The van der Waals surface area contributed by atoms with E-state index in [1.165, 1.54) is 24.8 Å². The molecule has 0 bridgehead atoms. The standard InChI is InChI=1S/C21H17ClN4O5/c1-11-5-4-6-12(22)19(11)26(21(28)29)20-15-9-23-18(10-27)25(15)14-8-17(31-3)16(30-2)7-13(14)24-20/h4-10H,1-3H3,(H,28,29). The highest BCUT2D eigenvalue weighted by molar-refractivity contribution is 6.34. The summed E-state index contributed by atoms with van der Waals surface area (Å²) in [6, 6.07) is 8.32. The van der Waals surface area contributed by atoms with Crippen molar-refractivity contribution in [2.24, 2.45) is 0 Å². The van der Waals surface area contributed by atoms with Crippen LogP contribution in [0.1, 0.15) is 16.2 Å². The van der Waals surface area contributed by atoms with E-state index in [2.05, 4.69) is 9.97 Å². The second kappa shape index (κ2) is 7.77. The molecule has 2 aromatic carbocycles. The van der Waals surface area contributed by atoms with E-state index in [4.69, 9.17) is 21.1 Å². The summed E-state index contributed by atoms with van der Waals surface area (Å²) >= 11 is 6.36. The molecule has 0 spiro atoms. The lowest BCUT2D eigenvalue weighted by Crippen LogP contribution is -2.26. The second-order valence-electron chi connectivity index (χ2n) is 6.61. The van der Waals surface area contributed by atoms with E-state index in [-0.39, 0.29) is 22.4 Å². The second-order valence-corrected chi connectivity index (χ2v) is 7.02. The van der Waals surface area contributed by atoms with Crippen molar-refractivity contribution in [2.45, 2.75) is 6.92 Å². The van der Waals surface area contributed by atoms with Gasteiger partial charge in [-0.05, 0) is 18.6 Å². The largest absolute Gasteiger partial charge is 0.493 e. The maximum Gasteiger partial charge on any atom is 0.417 e. The minimum atomic E-state index is -1.29. The van der Waals surface area contributed by atoms with Crippen LogP contribution in [0, 0.1) is 6.92 Å². The van der Waals surface area contributed by atoms with Gasteiger partial charge in [-0.2, -0.15) is 0 Å². The summed E-state index contributed by atoms with van der Waals surface area (Å²) in [5.74, 6) is 0.950. The first-order valence-electron chi connectivity index (χ1n) is 9.07. The third-order valence-electron chi connectivity index (χ3n) is 4.89. The highest BCUT2D eigenvalue weighted by Crippen LogP contribution is 2.39. The Morgan fingerprint density at radius 2 is 1.90 bits per heavy atom. The number of anilines is 2. The molecule has 0 aliphatic carbocycles.